The highest BCUT2D eigenvalue weighted by Crippen LogP contribution is 2.28. The van der Waals surface area contributed by atoms with E-state index in [1.165, 1.54) is 0 Å². The lowest BCUT2D eigenvalue weighted by atomic mass is 10.1. The number of carbonyl (C=O) groups excluding carboxylic acids is 1. The van der Waals surface area contributed by atoms with Gasteiger partial charge >= 0.3 is 0 Å². The number of hydrogen-bond donors (Lipinski definition) is 1. The summed E-state index contributed by atoms with van der Waals surface area (Å²) in [6, 6.07) is 26.3. The van der Waals surface area contributed by atoms with Crippen molar-refractivity contribution in [2.45, 2.75) is 6.61 Å². The van der Waals surface area contributed by atoms with E-state index in [1.54, 1.807) is 31.5 Å². The summed E-state index contributed by atoms with van der Waals surface area (Å²) < 4.78 is 11.3. The standard InChI is InChI=1S/C26H21ClN2O3/c1-31-25-14-19(8-13-24(25)32-17-18-6-11-23(27)12-7-18)16-28-29-26(30)22-10-9-20-4-2-3-5-21(20)15-22/h2-16H,17H2,1H3,(H,29,30)/b28-16-. The first-order valence-corrected chi connectivity index (χ1v) is 10.4. The Balaban J connectivity index is 1.39. The summed E-state index contributed by atoms with van der Waals surface area (Å²) in [5.74, 6) is 0.908. The zero-order chi connectivity index (χ0) is 22.3. The Morgan fingerprint density at radius 2 is 1.72 bits per heavy atom. The molecule has 0 aliphatic heterocycles. The summed E-state index contributed by atoms with van der Waals surface area (Å²) in [6.45, 7) is 0.392. The second-order valence-corrected chi connectivity index (χ2v) is 7.52. The Bertz CT molecular complexity index is 1270. The molecule has 0 heterocycles. The van der Waals surface area contributed by atoms with Crippen LogP contribution in [0.1, 0.15) is 21.5 Å². The van der Waals surface area contributed by atoms with E-state index in [2.05, 4.69) is 10.5 Å². The van der Waals surface area contributed by atoms with Crippen molar-refractivity contribution in [2.24, 2.45) is 5.10 Å². The number of fused-ring (bicyclic) bond motifs is 1. The summed E-state index contributed by atoms with van der Waals surface area (Å²) in [7, 11) is 1.58. The van der Waals surface area contributed by atoms with Gasteiger partial charge in [0, 0.05) is 10.6 Å². The first kappa shape index (κ1) is 21.4. The number of ether oxygens (including phenoxy) is 2. The van der Waals surface area contributed by atoms with Crippen molar-refractivity contribution in [1.29, 1.82) is 0 Å². The molecule has 160 valence electrons. The van der Waals surface area contributed by atoms with Crippen LogP contribution in [0, 0.1) is 0 Å². The molecule has 4 aromatic carbocycles. The Morgan fingerprint density at radius 3 is 2.50 bits per heavy atom. The number of hydrazone groups is 1. The smallest absolute Gasteiger partial charge is 0.271 e. The minimum atomic E-state index is -0.276. The van der Waals surface area contributed by atoms with Gasteiger partial charge in [0.1, 0.15) is 6.61 Å². The average molecular weight is 445 g/mol. The van der Waals surface area contributed by atoms with E-state index in [9.17, 15) is 4.79 Å². The fourth-order valence-electron chi connectivity index (χ4n) is 3.19. The van der Waals surface area contributed by atoms with E-state index in [0.717, 1.165) is 21.9 Å². The SMILES string of the molecule is COc1cc(/C=N\NC(=O)c2ccc3ccccc3c2)ccc1OCc1ccc(Cl)cc1. The number of methoxy groups -OCH3 is 1. The van der Waals surface area contributed by atoms with Crippen LogP contribution in [0.15, 0.2) is 90.0 Å². The molecule has 5 nitrogen and oxygen atoms in total. The molecule has 0 aromatic heterocycles. The van der Waals surface area contributed by atoms with E-state index in [1.807, 2.05) is 66.7 Å². The molecule has 0 unspecified atom stereocenters. The maximum absolute atomic E-state index is 12.4. The Morgan fingerprint density at radius 1 is 0.938 bits per heavy atom. The van der Waals surface area contributed by atoms with Gasteiger partial charge in [0.15, 0.2) is 11.5 Å². The Kier molecular flexibility index (Phi) is 6.68. The molecule has 0 aliphatic carbocycles. The quantitative estimate of drug-likeness (QED) is 0.287. The number of halogens is 1. The molecule has 32 heavy (non-hydrogen) atoms. The van der Waals surface area contributed by atoms with Gasteiger partial charge in [0.05, 0.1) is 13.3 Å². The van der Waals surface area contributed by atoms with Gasteiger partial charge in [0.2, 0.25) is 0 Å². The maximum Gasteiger partial charge on any atom is 0.271 e. The van der Waals surface area contributed by atoms with Crippen molar-refractivity contribution >= 4 is 34.5 Å². The molecule has 0 saturated carbocycles. The Labute approximate surface area is 191 Å². The van der Waals surface area contributed by atoms with Crippen LogP contribution in [-0.4, -0.2) is 19.2 Å². The Hall–Kier alpha value is -3.83. The van der Waals surface area contributed by atoms with Gasteiger partial charge < -0.3 is 9.47 Å². The molecule has 0 radical (unpaired) electrons. The van der Waals surface area contributed by atoms with Crippen molar-refractivity contribution in [3.05, 3.63) is 107 Å². The van der Waals surface area contributed by atoms with Crippen LogP contribution in [0.4, 0.5) is 0 Å². The fourth-order valence-corrected chi connectivity index (χ4v) is 3.31. The first-order valence-electron chi connectivity index (χ1n) is 10.00. The summed E-state index contributed by atoms with van der Waals surface area (Å²) >= 11 is 5.91. The lowest BCUT2D eigenvalue weighted by molar-refractivity contribution is 0.0955. The molecular weight excluding hydrogens is 424 g/mol. The number of rotatable bonds is 7. The van der Waals surface area contributed by atoms with Crippen molar-refractivity contribution in [3.63, 3.8) is 0 Å². The van der Waals surface area contributed by atoms with Crippen molar-refractivity contribution in [1.82, 2.24) is 5.43 Å². The summed E-state index contributed by atoms with van der Waals surface area (Å²) in [4.78, 5) is 12.4. The van der Waals surface area contributed by atoms with Gasteiger partial charge in [0.25, 0.3) is 5.91 Å². The maximum atomic E-state index is 12.4. The molecule has 0 aliphatic rings. The lowest BCUT2D eigenvalue weighted by Gasteiger charge is -2.11. The third kappa shape index (κ3) is 5.25. The fraction of sp³-hybridized carbons (Fsp3) is 0.0769. The number of carbonyl (C=O) groups is 1. The molecule has 4 rings (SSSR count). The molecule has 1 N–H and O–H groups in total. The normalized spacial score (nSPS) is 10.9. The summed E-state index contributed by atoms with van der Waals surface area (Å²) in [5, 5.41) is 6.84. The third-order valence-electron chi connectivity index (χ3n) is 4.89. The van der Waals surface area contributed by atoms with Crippen molar-refractivity contribution in [3.8, 4) is 11.5 Å². The molecule has 6 heteroatoms. The van der Waals surface area contributed by atoms with E-state index >= 15 is 0 Å². The summed E-state index contributed by atoms with van der Waals surface area (Å²) in [6.07, 6.45) is 1.56. The van der Waals surface area contributed by atoms with Gasteiger partial charge in [-0.25, -0.2) is 5.43 Å². The monoisotopic (exact) mass is 444 g/mol. The molecule has 4 aromatic rings. The number of nitrogens with zero attached hydrogens (tertiary/aromatic N) is 1. The van der Waals surface area contributed by atoms with Crippen molar-refractivity contribution in [2.75, 3.05) is 7.11 Å². The molecule has 0 spiro atoms. The van der Waals surface area contributed by atoms with Gasteiger partial charge in [-0.1, -0.05) is 54.1 Å². The van der Waals surface area contributed by atoms with E-state index in [0.29, 0.717) is 28.7 Å². The molecular formula is C26H21ClN2O3. The van der Waals surface area contributed by atoms with Gasteiger partial charge in [-0.05, 0) is 64.4 Å². The molecule has 0 bridgehead atoms. The van der Waals surface area contributed by atoms with E-state index in [-0.39, 0.29) is 5.91 Å². The number of nitrogens with one attached hydrogen (secondary N) is 1. The third-order valence-corrected chi connectivity index (χ3v) is 5.14. The van der Waals surface area contributed by atoms with Crippen LogP contribution < -0.4 is 14.9 Å². The topological polar surface area (TPSA) is 59.9 Å². The predicted molar refractivity (Wildman–Crippen MR) is 128 cm³/mol. The minimum absolute atomic E-state index is 0.276. The highest BCUT2D eigenvalue weighted by Gasteiger charge is 2.07. The second kappa shape index (κ2) is 9.98. The summed E-state index contributed by atoms with van der Waals surface area (Å²) in [5.41, 5.74) is 4.87. The van der Waals surface area contributed by atoms with Crippen LogP contribution in [0.3, 0.4) is 0 Å². The van der Waals surface area contributed by atoms with Crippen LogP contribution >= 0.6 is 11.6 Å². The highest BCUT2D eigenvalue weighted by molar-refractivity contribution is 6.30. The zero-order valence-electron chi connectivity index (χ0n) is 17.4. The van der Waals surface area contributed by atoms with Crippen LogP contribution in [0.2, 0.25) is 5.02 Å². The average Bonchev–Trinajstić information content (AvgIpc) is 2.83. The molecule has 0 atom stereocenters. The van der Waals surface area contributed by atoms with Gasteiger partial charge in [-0.2, -0.15) is 5.10 Å². The number of amides is 1. The zero-order valence-corrected chi connectivity index (χ0v) is 18.2. The number of benzene rings is 4. The van der Waals surface area contributed by atoms with Gasteiger partial charge in [-0.15, -0.1) is 0 Å². The van der Waals surface area contributed by atoms with Crippen LogP contribution in [0.5, 0.6) is 11.5 Å². The molecule has 0 fully saturated rings. The number of hydrogen-bond acceptors (Lipinski definition) is 4. The highest BCUT2D eigenvalue weighted by atomic mass is 35.5. The van der Waals surface area contributed by atoms with E-state index < -0.39 is 0 Å². The van der Waals surface area contributed by atoms with Crippen molar-refractivity contribution < 1.29 is 14.3 Å². The first-order chi connectivity index (χ1) is 15.6. The molecule has 1 amide bonds. The lowest BCUT2D eigenvalue weighted by Crippen LogP contribution is -2.17. The largest absolute Gasteiger partial charge is 0.493 e. The van der Waals surface area contributed by atoms with Crippen LogP contribution in [-0.2, 0) is 6.61 Å². The second-order valence-electron chi connectivity index (χ2n) is 7.09. The van der Waals surface area contributed by atoms with E-state index in [4.69, 9.17) is 21.1 Å². The molecule has 0 saturated heterocycles. The van der Waals surface area contributed by atoms with Crippen LogP contribution in [0.25, 0.3) is 10.8 Å². The van der Waals surface area contributed by atoms with Gasteiger partial charge in [-0.3, -0.25) is 4.79 Å². The predicted octanol–water partition coefficient (Wildman–Crippen LogP) is 5.84. The minimum Gasteiger partial charge on any atom is -0.493 e.